The Morgan fingerprint density at radius 3 is 2.53 bits per heavy atom. The van der Waals surface area contributed by atoms with E-state index in [1.54, 1.807) is 4.31 Å². The lowest BCUT2D eigenvalue weighted by Crippen LogP contribution is -2.49. The Morgan fingerprint density at radius 2 is 1.94 bits per heavy atom. The zero-order valence-electron chi connectivity index (χ0n) is 10.4. The van der Waals surface area contributed by atoms with E-state index < -0.39 is 10.2 Å². The molecule has 2 fully saturated rings. The lowest BCUT2D eigenvalue weighted by atomic mass is 10.1. The van der Waals surface area contributed by atoms with Crippen molar-refractivity contribution in [1.82, 2.24) is 9.03 Å². The summed E-state index contributed by atoms with van der Waals surface area (Å²) in [5, 5.41) is 0. The molecule has 0 amide bonds. The van der Waals surface area contributed by atoms with Gasteiger partial charge in [-0.3, -0.25) is 0 Å². The van der Waals surface area contributed by atoms with Gasteiger partial charge in [-0.1, -0.05) is 6.42 Å². The molecule has 0 aliphatic carbocycles. The van der Waals surface area contributed by atoms with Crippen molar-refractivity contribution in [3.8, 4) is 0 Å². The SMILES string of the molecule is C[C@H](NS(=O)(=O)N1CCCCC1)[C@H]1CCCO1. The van der Waals surface area contributed by atoms with Gasteiger partial charge in [-0.25, -0.2) is 0 Å². The molecule has 0 bridgehead atoms. The molecular weight excluding hydrogens is 240 g/mol. The third-order valence-corrected chi connectivity index (χ3v) is 5.23. The Labute approximate surface area is 104 Å². The van der Waals surface area contributed by atoms with Crippen LogP contribution in [0.4, 0.5) is 0 Å². The fraction of sp³-hybridized carbons (Fsp3) is 1.00. The highest BCUT2D eigenvalue weighted by atomic mass is 32.2. The van der Waals surface area contributed by atoms with Crippen molar-refractivity contribution in [3.05, 3.63) is 0 Å². The molecule has 5 nitrogen and oxygen atoms in total. The van der Waals surface area contributed by atoms with E-state index in [1.165, 1.54) is 0 Å². The highest BCUT2D eigenvalue weighted by Crippen LogP contribution is 2.17. The lowest BCUT2D eigenvalue weighted by molar-refractivity contribution is 0.0895. The van der Waals surface area contributed by atoms with Gasteiger partial charge in [0.1, 0.15) is 0 Å². The molecular formula is C11H22N2O3S. The molecule has 0 aromatic rings. The number of piperidine rings is 1. The summed E-state index contributed by atoms with van der Waals surface area (Å²) in [7, 11) is -3.32. The van der Waals surface area contributed by atoms with Crippen LogP contribution in [0.3, 0.4) is 0 Å². The van der Waals surface area contributed by atoms with Crippen molar-refractivity contribution in [2.45, 2.75) is 51.2 Å². The van der Waals surface area contributed by atoms with Crippen LogP contribution in [-0.4, -0.2) is 44.6 Å². The first-order valence-corrected chi connectivity index (χ1v) is 7.92. The van der Waals surface area contributed by atoms with Crippen LogP contribution in [0.15, 0.2) is 0 Å². The quantitative estimate of drug-likeness (QED) is 0.818. The fourth-order valence-corrected chi connectivity index (χ4v) is 4.00. The molecule has 2 saturated heterocycles. The van der Waals surface area contributed by atoms with Crippen molar-refractivity contribution in [2.24, 2.45) is 0 Å². The minimum Gasteiger partial charge on any atom is -0.377 e. The average Bonchev–Trinajstić information content (AvgIpc) is 2.83. The maximum atomic E-state index is 12.1. The topological polar surface area (TPSA) is 58.6 Å². The number of rotatable bonds is 4. The highest BCUT2D eigenvalue weighted by Gasteiger charge is 2.30. The molecule has 0 aromatic carbocycles. The summed E-state index contributed by atoms with van der Waals surface area (Å²) in [5.41, 5.74) is 0. The maximum absolute atomic E-state index is 12.1. The van der Waals surface area contributed by atoms with E-state index in [0.29, 0.717) is 13.1 Å². The molecule has 0 unspecified atom stereocenters. The first kappa shape index (κ1) is 13.3. The van der Waals surface area contributed by atoms with Crippen molar-refractivity contribution >= 4 is 10.2 Å². The molecule has 1 N–H and O–H groups in total. The molecule has 2 atom stereocenters. The highest BCUT2D eigenvalue weighted by molar-refractivity contribution is 7.87. The van der Waals surface area contributed by atoms with Gasteiger partial charge in [0.2, 0.25) is 0 Å². The Hall–Kier alpha value is -0.170. The van der Waals surface area contributed by atoms with Gasteiger partial charge in [-0.2, -0.15) is 17.4 Å². The third-order valence-electron chi connectivity index (χ3n) is 3.51. The van der Waals surface area contributed by atoms with Gasteiger partial charge in [0.15, 0.2) is 0 Å². The molecule has 2 aliphatic heterocycles. The van der Waals surface area contributed by atoms with Crippen LogP contribution in [0, 0.1) is 0 Å². The van der Waals surface area contributed by atoms with Crippen LogP contribution in [0.25, 0.3) is 0 Å². The second-order valence-electron chi connectivity index (χ2n) is 4.92. The van der Waals surface area contributed by atoms with Gasteiger partial charge < -0.3 is 4.74 Å². The van der Waals surface area contributed by atoms with Gasteiger partial charge in [-0.15, -0.1) is 0 Å². The molecule has 2 aliphatic rings. The molecule has 0 radical (unpaired) electrons. The Bertz CT molecular complexity index is 333. The zero-order chi connectivity index (χ0) is 12.3. The molecule has 6 heteroatoms. The van der Waals surface area contributed by atoms with Crippen LogP contribution in [0.5, 0.6) is 0 Å². The van der Waals surface area contributed by atoms with Gasteiger partial charge in [0, 0.05) is 25.7 Å². The number of ether oxygens (including phenoxy) is 1. The first-order valence-electron chi connectivity index (χ1n) is 6.48. The smallest absolute Gasteiger partial charge is 0.279 e. The molecule has 0 spiro atoms. The van der Waals surface area contributed by atoms with E-state index in [-0.39, 0.29) is 12.1 Å². The maximum Gasteiger partial charge on any atom is 0.279 e. The predicted molar refractivity (Wildman–Crippen MR) is 65.9 cm³/mol. The number of nitrogens with zero attached hydrogens (tertiary/aromatic N) is 1. The normalized spacial score (nSPS) is 29.4. The average molecular weight is 262 g/mol. The minimum atomic E-state index is -3.32. The Morgan fingerprint density at radius 1 is 1.24 bits per heavy atom. The van der Waals surface area contributed by atoms with Crippen LogP contribution >= 0.6 is 0 Å². The van der Waals surface area contributed by atoms with E-state index in [0.717, 1.165) is 38.7 Å². The van der Waals surface area contributed by atoms with Crippen molar-refractivity contribution < 1.29 is 13.2 Å². The molecule has 2 rings (SSSR count). The van der Waals surface area contributed by atoms with Crippen molar-refractivity contribution in [3.63, 3.8) is 0 Å². The zero-order valence-corrected chi connectivity index (χ0v) is 11.2. The molecule has 100 valence electrons. The van der Waals surface area contributed by atoms with Gasteiger partial charge in [0.05, 0.1) is 6.10 Å². The summed E-state index contributed by atoms with van der Waals surface area (Å²) < 4.78 is 34.0. The lowest BCUT2D eigenvalue weighted by Gasteiger charge is -2.29. The fourth-order valence-electron chi connectivity index (χ4n) is 2.49. The molecule has 0 aromatic heterocycles. The largest absolute Gasteiger partial charge is 0.377 e. The van der Waals surface area contributed by atoms with Gasteiger partial charge >= 0.3 is 0 Å². The number of nitrogens with one attached hydrogen (secondary N) is 1. The van der Waals surface area contributed by atoms with Crippen molar-refractivity contribution in [2.75, 3.05) is 19.7 Å². The van der Waals surface area contributed by atoms with E-state index in [9.17, 15) is 8.42 Å². The van der Waals surface area contributed by atoms with E-state index >= 15 is 0 Å². The van der Waals surface area contributed by atoms with Crippen molar-refractivity contribution in [1.29, 1.82) is 0 Å². The Kier molecular flexibility index (Phi) is 4.41. The van der Waals surface area contributed by atoms with Gasteiger partial charge in [0.25, 0.3) is 10.2 Å². The van der Waals surface area contributed by atoms with Gasteiger partial charge in [-0.05, 0) is 32.6 Å². The van der Waals surface area contributed by atoms with E-state index in [4.69, 9.17) is 4.74 Å². The summed E-state index contributed by atoms with van der Waals surface area (Å²) in [6.45, 7) is 3.93. The minimum absolute atomic E-state index is 0.0366. The second-order valence-corrected chi connectivity index (χ2v) is 6.62. The molecule has 2 heterocycles. The number of hydrogen-bond acceptors (Lipinski definition) is 3. The molecule has 0 saturated carbocycles. The third kappa shape index (κ3) is 3.40. The summed E-state index contributed by atoms with van der Waals surface area (Å²) in [4.78, 5) is 0. The molecule has 17 heavy (non-hydrogen) atoms. The van der Waals surface area contributed by atoms with Crippen LogP contribution in [0.2, 0.25) is 0 Å². The summed E-state index contributed by atoms with van der Waals surface area (Å²) >= 11 is 0. The van der Waals surface area contributed by atoms with Crippen LogP contribution in [0.1, 0.15) is 39.0 Å². The summed E-state index contributed by atoms with van der Waals surface area (Å²) in [6.07, 6.45) is 5.08. The summed E-state index contributed by atoms with van der Waals surface area (Å²) in [5.74, 6) is 0. The monoisotopic (exact) mass is 262 g/mol. The summed E-state index contributed by atoms with van der Waals surface area (Å²) in [6, 6.07) is -0.135. The second kappa shape index (κ2) is 5.65. The predicted octanol–water partition coefficient (Wildman–Crippen LogP) is 0.874. The standard InChI is InChI=1S/C11H22N2O3S/c1-10(11-6-5-9-16-11)12-17(14,15)13-7-3-2-4-8-13/h10-12H,2-9H2,1H3/t10-,11+/m0/s1. The van der Waals surface area contributed by atoms with E-state index in [2.05, 4.69) is 4.72 Å². The van der Waals surface area contributed by atoms with Crippen LogP contribution < -0.4 is 4.72 Å². The Balaban J connectivity index is 1.91. The van der Waals surface area contributed by atoms with E-state index in [1.807, 2.05) is 6.92 Å². The first-order chi connectivity index (χ1) is 8.09. The van der Waals surface area contributed by atoms with Crippen LogP contribution in [-0.2, 0) is 14.9 Å². The number of hydrogen-bond donors (Lipinski definition) is 1.